The van der Waals surface area contributed by atoms with Gasteiger partial charge in [-0.15, -0.1) is 11.3 Å². The molecule has 4 aromatic rings. The number of rotatable bonds is 3. The average Bonchev–Trinajstić information content (AvgIpc) is 3.18. The number of aromatic nitrogens is 3. The van der Waals surface area contributed by atoms with Crippen molar-refractivity contribution in [1.29, 1.82) is 0 Å². The van der Waals surface area contributed by atoms with Gasteiger partial charge in [-0.1, -0.05) is 6.07 Å². The Morgan fingerprint density at radius 1 is 1.04 bits per heavy atom. The van der Waals surface area contributed by atoms with E-state index in [1.165, 1.54) is 0 Å². The van der Waals surface area contributed by atoms with Crippen molar-refractivity contribution in [2.24, 2.45) is 0 Å². The molecule has 0 aliphatic carbocycles. The van der Waals surface area contributed by atoms with Gasteiger partial charge in [0.05, 0.1) is 12.8 Å². The number of pyridine rings is 1. The predicted octanol–water partition coefficient (Wildman–Crippen LogP) is 4.44. The number of fused-ring (bicyclic) bond motifs is 1. The van der Waals surface area contributed by atoms with Gasteiger partial charge in [0.25, 0.3) is 0 Å². The molecule has 0 unspecified atom stereocenters. The zero-order valence-corrected chi connectivity index (χ0v) is 13.7. The third-order valence-corrected chi connectivity index (χ3v) is 4.68. The van der Waals surface area contributed by atoms with Gasteiger partial charge in [-0.05, 0) is 43.3 Å². The smallest absolute Gasteiger partial charge is 0.144 e. The van der Waals surface area contributed by atoms with E-state index in [0.29, 0.717) is 0 Å². The summed E-state index contributed by atoms with van der Waals surface area (Å²) in [6, 6.07) is 14.1. The zero-order valence-electron chi connectivity index (χ0n) is 12.9. The Balaban J connectivity index is 1.98. The Morgan fingerprint density at radius 3 is 2.57 bits per heavy atom. The summed E-state index contributed by atoms with van der Waals surface area (Å²) >= 11 is 1.62. The maximum Gasteiger partial charge on any atom is 0.144 e. The molecule has 0 saturated carbocycles. The maximum atomic E-state index is 5.26. The van der Waals surface area contributed by atoms with Gasteiger partial charge in [0.2, 0.25) is 0 Å². The van der Waals surface area contributed by atoms with E-state index in [9.17, 15) is 0 Å². The van der Waals surface area contributed by atoms with Crippen molar-refractivity contribution < 1.29 is 4.74 Å². The molecule has 0 bridgehead atoms. The van der Waals surface area contributed by atoms with E-state index in [1.54, 1.807) is 18.4 Å². The first-order valence-corrected chi connectivity index (χ1v) is 8.18. The molecule has 4 rings (SSSR count). The largest absolute Gasteiger partial charge is 0.497 e. The third-order valence-electron chi connectivity index (χ3n) is 3.71. The topological polar surface area (TPSA) is 39.4 Å². The molecule has 23 heavy (non-hydrogen) atoms. The molecule has 114 valence electrons. The normalized spacial score (nSPS) is 11.0. The van der Waals surface area contributed by atoms with Crippen LogP contribution in [0, 0.1) is 6.92 Å². The summed E-state index contributed by atoms with van der Waals surface area (Å²) in [4.78, 5) is 9.41. The molecule has 0 aliphatic rings. The number of benzene rings is 1. The fourth-order valence-corrected chi connectivity index (χ4v) is 3.42. The predicted molar refractivity (Wildman–Crippen MR) is 93.0 cm³/mol. The van der Waals surface area contributed by atoms with E-state index in [1.807, 2.05) is 43.5 Å². The van der Waals surface area contributed by atoms with Crippen LogP contribution < -0.4 is 4.74 Å². The van der Waals surface area contributed by atoms with Crippen molar-refractivity contribution in [1.82, 2.24) is 14.4 Å². The number of hydrogen-bond donors (Lipinski definition) is 0. The van der Waals surface area contributed by atoms with E-state index in [-0.39, 0.29) is 0 Å². The average molecular weight is 321 g/mol. The number of thiazole rings is 1. The number of imidazole rings is 1. The molecule has 0 N–H and O–H groups in total. The Kier molecular flexibility index (Phi) is 3.35. The minimum absolute atomic E-state index is 0.842. The molecule has 0 saturated heterocycles. The number of ether oxygens (including phenoxy) is 1. The first-order valence-electron chi connectivity index (χ1n) is 7.30. The van der Waals surface area contributed by atoms with Crippen LogP contribution in [0.5, 0.6) is 5.75 Å². The molecule has 3 heterocycles. The molecule has 0 amide bonds. The van der Waals surface area contributed by atoms with Gasteiger partial charge in [0.15, 0.2) is 0 Å². The van der Waals surface area contributed by atoms with Crippen molar-refractivity contribution in [3.05, 3.63) is 59.7 Å². The van der Waals surface area contributed by atoms with Crippen molar-refractivity contribution in [3.63, 3.8) is 0 Å². The minimum atomic E-state index is 0.842. The van der Waals surface area contributed by atoms with E-state index in [0.717, 1.165) is 39.0 Å². The van der Waals surface area contributed by atoms with Crippen molar-refractivity contribution >= 4 is 17.0 Å². The molecular formula is C18H15N3OS. The number of methoxy groups -OCH3 is 1. The molecule has 0 radical (unpaired) electrons. The van der Waals surface area contributed by atoms with Gasteiger partial charge in [-0.2, -0.15) is 0 Å². The fourth-order valence-electron chi connectivity index (χ4n) is 2.63. The zero-order chi connectivity index (χ0) is 15.8. The van der Waals surface area contributed by atoms with Gasteiger partial charge in [0.1, 0.15) is 22.1 Å². The lowest BCUT2D eigenvalue weighted by Crippen LogP contribution is -1.90. The molecule has 5 heteroatoms. The van der Waals surface area contributed by atoms with Crippen molar-refractivity contribution in [2.45, 2.75) is 6.92 Å². The highest BCUT2D eigenvalue weighted by Crippen LogP contribution is 2.34. The lowest BCUT2D eigenvalue weighted by molar-refractivity contribution is 0.415. The highest BCUT2D eigenvalue weighted by molar-refractivity contribution is 7.13. The Morgan fingerprint density at radius 2 is 1.87 bits per heavy atom. The summed E-state index contributed by atoms with van der Waals surface area (Å²) in [7, 11) is 1.67. The quantitative estimate of drug-likeness (QED) is 0.560. The Hall–Kier alpha value is -2.66. The van der Waals surface area contributed by atoms with Crippen LogP contribution in [0.2, 0.25) is 0 Å². The summed E-state index contributed by atoms with van der Waals surface area (Å²) in [5.74, 6) is 0.842. The van der Waals surface area contributed by atoms with Crippen LogP contribution in [0.1, 0.15) is 5.69 Å². The van der Waals surface area contributed by atoms with Gasteiger partial charge >= 0.3 is 0 Å². The molecule has 0 atom stereocenters. The third kappa shape index (κ3) is 2.39. The molecular weight excluding hydrogens is 306 g/mol. The second kappa shape index (κ2) is 5.52. The van der Waals surface area contributed by atoms with Gasteiger partial charge in [-0.25, -0.2) is 9.97 Å². The fraction of sp³-hybridized carbons (Fsp3) is 0.111. The molecule has 1 aromatic carbocycles. The number of hydrogen-bond acceptors (Lipinski definition) is 4. The molecule has 0 spiro atoms. The van der Waals surface area contributed by atoms with Crippen LogP contribution in [-0.4, -0.2) is 21.5 Å². The minimum Gasteiger partial charge on any atom is -0.497 e. The molecule has 0 aliphatic heterocycles. The molecule has 3 aromatic heterocycles. The monoisotopic (exact) mass is 321 g/mol. The summed E-state index contributed by atoms with van der Waals surface area (Å²) in [6.07, 6.45) is 2.03. The SMILES string of the molecule is COc1ccc(-c2c(-c3nc(C)cs3)nc3ccccn23)cc1. The van der Waals surface area contributed by atoms with E-state index in [4.69, 9.17) is 9.72 Å². The van der Waals surface area contributed by atoms with E-state index < -0.39 is 0 Å². The highest BCUT2D eigenvalue weighted by atomic mass is 32.1. The second-order valence-corrected chi connectivity index (χ2v) is 6.12. The van der Waals surface area contributed by atoms with Gasteiger partial charge in [-0.3, -0.25) is 4.40 Å². The molecule has 0 fully saturated rings. The number of aryl methyl sites for hydroxylation is 1. The van der Waals surface area contributed by atoms with Crippen LogP contribution in [0.25, 0.3) is 27.6 Å². The van der Waals surface area contributed by atoms with Crippen molar-refractivity contribution in [2.75, 3.05) is 7.11 Å². The lowest BCUT2D eigenvalue weighted by Gasteiger charge is -2.05. The summed E-state index contributed by atoms with van der Waals surface area (Å²) in [5, 5.41) is 2.99. The van der Waals surface area contributed by atoms with E-state index >= 15 is 0 Å². The van der Waals surface area contributed by atoms with Crippen LogP contribution in [0.3, 0.4) is 0 Å². The van der Waals surface area contributed by atoms with Crippen LogP contribution in [0.15, 0.2) is 54.0 Å². The summed E-state index contributed by atoms with van der Waals surface area (Å²) in [5.41, 5.74) is 4.99. The molecule has 4 nitrogen and oxygen atoms in total. The maximum absolute atomic E-state index is 5.26. The van der Waals surface area contributed by atoms with Crippen LogP contribution in [0.4, 0.5) is 0 Å². The highest BCUT2D eigenvalue weighted by Gasteiger charge is 2.18. The van der Waals surface area contributed by atoms with Gasteiger partial charge in [0, 0.05) is 22.8 Å². The van der Waals surface area contributed by atoms with Gasteiger partial charge < -0.3 is 4.74 Å². The first kappa shape index (κ1) is 14.0. The van der Waals surface area contributed by atoms with Crippen LogP contribution in [-0.2, 0) is 0 Å². The number of nitrogens with zero attached hydrogens (tertiary/aromatic N) is 3. The Bertz CT molecular complexity index is 970. The Labute approximate surface area is 138 Å². The lowest BCUT2D eigenvalue weighted by atomic mass is 10.1. The van der Waals surface area contributed by atoms with Crippen molar-refractivity contribution in [3.8, 4) is 27.7 Å². The first-order chi connectivity index (χ1) is 11.3. The second-order valence-electron chi connectivity index (χ2n) is 5.26. The van der Waals surface area contributed by atoms with Crippen LogP contribution >= 0.6 is 11.3 Å². The van der Waals surface area contributed by atoms with E-state index in [2.05, 4.69) is 26.9 Å². The standard InChI is InChI=1S/C18H15N3OS/c1-12-11-23-18(19-12)16-17(13-6-8-14(22-2)9-7-13)21-10-4-3-5-15(21)20-16/h3-11H,1-2H3. The summed E-state index contributed by atoms with van der Waals surface area (Å²) in [6.45, 7) is 2.00. The summed E-state index contributed by atoms with van der Waals surface area (Å²) < 4.78 is 7.36.